The maximum atomic E-state index is 13.5. The molecule has 0 aliphatic rings. The Morgan fingerprint density at radius 2 is 2.00 bits per heavy atom. The number of amides is 1. The molecule has 1 N–H and O–H groups in total. The summed E-state index contributed by atoms with van der Waals surface area (Å²) in [6.07, 6.45) is 4.93. The van der Waals surface area contributed by atoms with Crippen LogP contribution in [0.1, 0.15) is 10.5 Å². The van der Waals surface area contributed by atoms with Crippen molar-refractivity contribution in [3.05, 3.63) is 72.7 Å². The Labute approximate surface area is 120 Å². The minimum Gasteiger partial charge on any atom is -0.318 e. The van der Waals surface area contributed by atoms with E-state index in [9.17, 15) is 9.18 Å². The highest BCUT2D eigenvalue weighted by atomic mass is 19.1. The molecule has 3 rings (SSSR count). The molecule has 0 saturated heterocycles. The lowest BCUT2D eigenvalue weighted by Gasteiger charge is -2.07. The molecule has 0 aliphatic carbocycles. The van der Waals surface area contributed by atoms with Crippen molar-refractivity contribution in [3.63, 3.8) is 0 Å². The fourth-order valence-corrected chi connectivity index (χ4v) is 1.84. The van der Waals surface area contributed by atoms with E-state index in [0.717, 1.165) is 0 Å². The topological polar surface area (TPSA) is 59.8 Å². The zero-order chi connectivity index (χ0) is 14.7. The summed E-state index contributed by atoms with van der Waals surface area (Å²) in [5.74, 6) is -0.396. The molecule has 0 aliphatic heterocycles. The third-order valence-electron chi connectivity index (χ3n) is 2.86. The number of carbonyl (C=O) groups excluding carboxylic acids is 1. The summed E-state index contributed by atoms with van der Waals surface area (Å²) in [6.45, 7) is 0. The number of benzene rings is 1. The van der Waals surface area contributed by atoms with Gasteiger partial charge in [-0.2, -0.15) is 0 Å². The average molecular weight is 282 g/mol. The molecule has 2 aromatic heterocycles. The number of carbonyl (C=O) groups is 1. The monoisotopic (exact) mass is 282 g/mol. The van der Waals surface area contributed by atoms with Gasteiger partial charge in [-0.05, 0) is 24.3 Å². The molecule has 104 valence electrons. The summed E-state index contributed by atoms with van der Waals surface area (Å²) in [5.41, 5.74) is 0.321. The van der Waals surface area contributed by atoms with Crippen LogP contribution < -0.4 is 5.32 Å². The summed E-state index contributed by atoms with van der Waals surface area (Å²) in [4.78, 5) is 20.3. The minimum atomic E-state index is -0.489. The molecule has 5 nitrogen and oxygen atoms in total. The van der Waals surface area contributed by atoms with Crippen molar-refractivity contribution in [2.45, 2.75) is 0 Å². The highest BCUT2D eigenvalue weighted by Gasteiger charge is 2.11. The number of pyridine rings is 1. The molecule has 0 saturated carbocycles. The Morgan fingerprint density at radius 1 is 1.14 bits per heavy atom. The molecule has 6 heteroatoms. The number of hydrogen-bond donors (Lipinski definition) is 1. The molecule has 0 bridgehead atoms. The molecule has 0 spiro atoms. The van der Waals surface area contributed by atoms with Crippen LogP contribution in [0, 0.1) is 5.82 Å². The molecule has 1 aromatic carbocycles. The molecule has 0 fully saturated rings. The normalized spacial score (nSPS) is 10.3. The van der Waals surface area contributed by atoms with E-state index >= 15 is 0 Å². The van der Waals surface area contributed by atoms with E-state index in [1.165, 1.54) is 12.1 Å². The van der Waals surface area contributed by atoms with Gasteiger partial charge in [-0.3, -0.25) is 9.36 Å². The van der Waals surface area contributed by atoms with Crippen LogP contribution in [0.4, 0.5) is 10.1 Å². The van der Waals surface area contributed by atoms with Gasteiger partial charge in [0.05, 0.1) is 5.69 Å². The number of hydrogen-bond acceptors (Lipinski definition) is 3. The van der Waals surface area contributed by atoms with E-state index in [1.807, 2.05) is 0 Å². The van der Waals surface area contributed by atoms with Crippen molar-refractivity contribution in [1.29, 1.82) is 0 Å². The molecule has 0 radical (unpaired) electrons. The first kappa shape index (κ1) is 13.0. The largest absolute Gasteiger partial charge is 0.318 e. The van der Waals surface area contributed by atoms with Crippen LogP contribution in [-0.4, -0.2) is 20.4 Å². The second-order valence-corrected chi connectivity index (χ2v) is 4.28. The Kier molecular flexibility index (Phi) is 3.42. The number of para-hydroxylation sites is 1. The second-order valence-electron chi connectivity index (χ2n) is 4.28. The van der Waals surface area contributed by atoms with Crippen molar-refractivity contribution >= 4 is 11.6 Å². The second kappa shape index (κ2) is 5.54. The third-order valence-corrected chi connectivity index (χ3v) is 2.86. The predicted octanol–water partition coefficient (Wildman–Crippen LogP) is 2.66. The van der Waals surface area contributed by atoms with Crippen LogP contribution in [0.5, 0.6) is 0 Å². The van der Waals surface area contributed by atoms with Crippen molar-refractivity contribution in [3.8, 4) is 5.82 Å². The summed E-state index contributed by atoms with van der Waals surface area (Å²) < 4.78 is 15.2. The Bertz CT molecular complexity index is 771. The lowest BCUT2D eigenvalue weighted by atomic mass is 10.2. The maximum absolute atomic E-state index is 13.5. The van der Waals surface area contributed by atoms with Gasteiger partial charge in [0, 0.05) is 12.4 Å². The standard InChI is InChI=1S/C15H11FN4O/c16-11-4-1-2-5-12(11)19-15(21)13-6-3-7-14(18-13)20-9-8-17-10-20/h1-10H,(H,19,21). The smallest absolute Gasteiger partial charge is 0.274 e. The summed E-state index contributed by atoms with van der Waals surface area (Å²) >= 11 is 0. The van der Waals surface area contributed by atoms with Gasteiger partial charge in [-0.15, -0.1) is 0 Å². The molecule has 2 heterocycles. The molecule has 1 amide bonds. The quantitative estimate of drug-likeness (QED) is 0.803. The number of anilines is 1. The fourth-order valence-electron chi connectivity index (χ4n) is 1.84. The first-order chi connectivity index (χ1) is 10.2. The number of nitrogens with one attached hydrogen (secondary N) is 1. The average Bonchev–Trinajstić information content (AvgIpc) is 3.04. The van der Waals surface area contributed by atoms with Crippen molar-refractivity contribution in [2.75, 3.05) is 5.32 Å². The number of rotatable bonds is 3. The number of nitrogens with zero attached hydrogens (tertiary/aromatic N) is 3. The van der Waals surface area contributed by atoms with Gasteiger partial charge in [-0.1, -0.05) is 18.2 Å². The lowest BCUT2D eigenvalue weighted by Crippen LogP contribution is -2.15. The fraction of sp³-hybridized carbons (Fsp3) is 0. The highest BCUT2D eigenvalue weighted by Crippen LogP contribution is 2.14. The van der Waals surface area contributed by atoms with Crippen LogP contribution >= 0.6 is 0 Å². The van der Waals surface area contributed by atoms with Gasteiger partial charge in [-0.25, -0.2) is 14.4 Å². The van der Waals surface area contributed by atoms with E-state index < -0.39 is 11.7 Å². The van der Waals surface area contributed by atoms with Crippen LogP contribution in [-0.2, 0) is 0 Å². The van der Waals surface area contributed by atoms with Gasteiger partial charge < -0.3 is 5.32 Å². The zero-order valence-electron chi connectivity index (χ0n) is 10.9. The molecule has 0 atom stereocenters. The Balaban J connectivity index is 1.85. The van der Waals surface area contributed by atoms with Gasteiger partial charge in [0.2, 0.25) is 0 Å². The van der Waals surface area contributed by atoms with Crippen molar-refractivity contribution in [2.24, 2.45) is 0 Å². The van der Waals surface area contributed by atoms with Crippen molar-refractivity contribution < 1.29 is 9.18 Å². The predicted molar refractivity (Wildman–Crippen MR) is 75.7 cm³/mol. The van der Waals surface area contributed by atoms with Gasteiger partial charge in [0.1, 0.15) is 23.7 Å². The first-order valence-corrected chi connectivity index (χ1v) is 6.25. The van der Waals surface area contributed by atoms with E-state index in [1.54, 1.807) is 53.6 Å². The van der Waals surface area contributed by atoms with Crippen LogP contribution in [0.15, 0.2) is 61.2 Å². The van der Waals surface area contributed by atoms with Crippen LogP contribution in [0.3, 0.4) is 0 Å². The Hall–Kier alpha value is -3.02. The summed E-state index contributed by atoms with van der Waals surface area (Å²) in [5, 5.41) is 2.50. The molecule has 0 unspecified atom stereocenters. The van der Waals surface area contributed by atoms with E-state index in [-0.39, 0.29) is 11.4 Å². The molecular weight excluding hydrogens is 271 g/mol. The van der Waals surface area contributed by atoms with Crippen LogP contribution in [0.25, 0.3) is 5.82 Å². The molecule has 3 aromatic rings. The third kappa shape index (κ3) is 2.79. The van der Waals surface area contributed by atoms with Crippen LogP contribution in [0.2, 0.25) is 0 Å². The van der Waals surface area contributed by atoms with Gasteiger partial charge >= 0.3 is 0 Å². The van der Waals surface area contributed by atoms with Crippen molar-refractivity contribution in [1.82, 2.24) is 14.5 Å². The van der Waals surface area contributed by atoms with E-state index in [4.69, 9.17) is 0 Å². The summed E-state index contributed by atoms with van der Waals surface area (Å²) in [7, 11) is 0. The SMILES string of the molecule is O=C(Nc1ccccc1F)c1cccc(-n2ccnc2)n1. The molecular formula is C15H11FN4O. The Morgan fingerprint density at radius 3 is 2.76 bits per heavy atom. The summed E-state index contributed by atoms with van der Waals surface area (Å²) in [6, 6.07) is 11.0. The lowest BCUT2D eigenvalue weighted by molar-refractivity contribution is 0.102. The van der Waals surface area contributed by atoms with Gasteiger partial charge in [0.15, 0.2) is 0 Å². The first-order valence-electron chi connectivity index (χ1n) is 6.25. The minimum absolute atomic E-state index is 0.123. The number of aromatic nitrogens is 3. The molecule has 21 heavy (non-hydrogen) atoms. The van der Waals surface area contributed by atoms with E-state index in [2.05, 4.69) is 15.3 Å². The van der Waals surface area contributed by atoms with Gasteiger partial charge in [0.25, 0.3) is 5.91 Å². The zero-order valence-corrected chi connectivity index (χ0v) is 10.9. The number of imidazole rings is 1. The number of halogens is 1. The van der Waals surface area contributed by atoms with E-state index in [0.29, 0.717) is 5.82 Å². The highest BCUT2D eigenvalue weighted by molar-refractivity contribution is 6.03. The maximum Gasteiger partial charge on any atom is 0.274 e.